The van der Waals surface area contributed by atoms with Crippen LogP contribution in [-0.2, 0) is 6.61 Å². The molecule has 0 saturated heterocycles. The highest BCUT2D eigenvalue weighted by Gasteiger charge is 2.12. The van der Waals surface area contributed by atoms with Gasteiger partial charge in [0.1, 0.15) is 18.1 Å². The zero-order valence-electron chi connectivity index (χ0n) is 13.9. The van der Waals surface area contributed by atoms with E-state index in [2.05, 4.69) is 31.2 Å². The number of halogens is 1. The second-order valence-electron chi connectivity index (χ2n) is 5.80. The molecule has 0 spiro atoms. The second-order valence-corrected chi connectivity index (χ2v) is 6.72. The molecule has 2 aromatic heterocycles. The fourth-order valence-electron chi connectivity index (χ4n) is 2.57. The summed E-state index contributed by atoms with van der Waals surface area (Å²) in [5.41, 5.74) is 1.53. The van der Waals surface area contributed by atoms with Gasteiger partial charge in [0.2, 0.25) is 0 Å². The van der Waals surface area contributed by atoms with Crippen LogP contribution in [0.1, 0.15) is 16.3 Å². The number of amides is 1. The van der Waals surface area contributed by atoms with Crippen molar-refractivity contribution in [1.82, 2.24) is 9.97 Å². The number of anilines is 1. The van der Waals surface area contributed by atoms with Crippen LogP contribution in [0.25, 0.3) is 11.0 Å². The minimum Gasteiger partial charge on any atom is -0.486 e. The number of fused-ring (bicyclic) bond motifs is 1. The standard InChI is InChI=1S/C19H14BrN3O4/c20-11-1-4-13(5-2-11)26-10-14-6-8-17(27-14)18(24)21-12-3-7-15-16(9-12)23-19(25)22-15/h1-9H,10H2,(H,21,24)(H2,22,23,25). The van der Waals surface area contributed by atoms with Gasteiger partial charge in [0.15, 0.2) is 5.76 Å². The van der Waals surface area contributed by atoms with Crippen LogP contribution in [0.4, 0.5) is 5.69 Å². The molecule has 1 amide bonds. The summed E-state index contributed by atoms with van der Waals surface area (Å²) in [5, 5.41) is 2.74. The number of ether oxygens (including phenoxy) is 1. The molecule has 0 unspecified atom stereocenters. The normalized spacial score (nSPS) is 10.9. The van der Waals surface area contributed by atoms with Gasteiger partial charge < -0.3 is 24.4 Å². The van der Waals surface area contributed by atoms with E-state index in [1.165, 1.54) is 0 Å². The van der Waals surface area contributed by atoms with Crippen molar-refractivity contribution in [3.63, 3.8) is 0 Å². The van der Waals surface area contributed by atoms with Crippen molar-refractivity contribution >= 4 is 38.6 Å². The number of aromatic nitrogens is 2. The summed E-state index contributed by atoms with van der Waals surface area (Å²) in [6, 6.07) is 15.8. The first-order valence-electron chi connectivity index (χ1n) is 8.07. The van der Waals surface area contributed by atoms with E-state index in [-0.39, 0.29) is 24.0 Å². The highest BCUT2D eigenvalue weighted by molar-refractivity contribution is 9.10. The van der Waals surface area contributed by atoms with Gasteiger partial charge in [-0.05, 0) is 54.6 Å². The molecule has 4 rings (SSSR count). The van der Waals surface area contributed by atoms with Crippen LogP contribution in [-0.4, -0.2) is 15.9 Å². The molecular formula is C19H14BrN3O4. The Kier molecular flexibility index (Phi) is 4.55. The molecule has 27 heavy (non-hydrogen) atoms. The molecule has 0 atom stereocenters. The number of carbonyl (C=O) groups excluding carboxylic acids is 1. The van der Waals surface area contributed by atoms with E-state index < -0.39 is 0 Å². The molecule has 7 nitrogen and oxygen atoms in total. The quantitative estimate of drug-likeness (QED) is 0.447. The first-order chi connectivity index (χ1) is 13.1. The van der Waals surface area contributed by atoms with Crippen molar-refractivity contribution in [2.75, 3.05) is 5.32 Å². The lowest BCUT2D eigenvalue weighted by molar-refractivity contribution is 0.0992. The summed E-state index contributed by atoms with van der Waals surface area (Å²) in [5.74, 6) is 1.03. The molecule has 136 valence electrons. The zero-order chi connectivity index (χ0) is 18.8. The first-order valence-corrected chi connectivity index (χ1v) is 8.86. The lowest BCUT2D eigenvalue weighted by Gasteiger charge is -2.05. The molecule has 0 aliphatic heterocycles. The van der Waals surface area contributed by atoms with Gasteiger partial charge >= 0.3 is 5.69 Å². The number of carbonyl (C=O) groups is 1. The summed E-state index contributed by atoms with van der Waals surface area (Å²) in [6.07, 6.45) is 0. The van der Waals surface area contributed by atoms with E-state index in [0.29, 0.717) is 28.2 Å². The number of hydrogen-bond donors (Lipinski definition) is 3. The number of aromatic amines is 2. The number of hydrogen-bond acceptors (Lipinski definition) is 4. The second kappa shape index (κ2) is 7.16. The van der Waals surface area contributed by atoms with Gasteiger partial charge in [-0.25, -0.2) is 4.79 Å². The molecule has 0 aliphatic carbocycles. The van der Waals surface area contributed by atoms with Crippen LogP contribution in [0.5, 0.6) is 5.75 Å². The van der Waals surface area contributed by atoms with E-state index in [9.17, 15) is 9.59 Å². The Balaban J connectivity index is 1.41. The predicted octanol–water partition coefficient (Wildman–Crippen LogP) is 4.04. The lowest BCUT2D eigenvalue weighted by atomic mass is 10.2. The summed E-state index contributed by atoms with van der Waals surface area (Å²) < 4.78 is 12.1. The summed E-state index contributed by atoms with van der Waals surface area (Å²) in [7, 11) is 0. The van der Waals surface area contributed by atoms with Gasteiger partial charge in [-0.3, -0.25) is 4.79 Å². The Hall–Kier alpha value is -3.26. The Morgan fingerprint density at radius 1 is 1.04 bits per heavy atom. The Morgan fingerprint density at radius 2 is 1.81 bits per heavy atom. The van der Waals surface area contributed by atoms with Crippen LogP contribution in [0.2, 0.25) is 0 Å². The average molecular weight is 428 g/mol. The van der Waals surface area contributed by atoms with Crippen LogP contribution < -0.4 is 15.7 Å². The maximum absolute atomic E-state index is 12.3. The van der Waals surface area contributed by atoms with Gasteiger partial charge in [-0.15, -0.1) is 0 Å². The third-order valence-corrected chi connectivity index (χ3v) is 4.38. The Morgan fingerprint density at radius 3 is 2.63 bits per heavy atom. The van der Waals surface area contributed by atoms with Gasteiger partial charge in [-0.1, -0.05) is 15.9 Å². The number of nitrogens with one attached hydrogen (secondary N) is 3. The Labute approximate surface area is 161 Å². The van der Waals surface area contributed by atoms with Gasteiger partial charge in [0.05, 0.1) is 11.0 Å². The molecule has 0 saturated carbocycles. The molecule has 0 bridgehead atoms. The first kappa shape index (κ1) is 17.2. The predicted molar refractivity (Wildman–Crippen MR) is 104 cm³/mol. The fraction of sp³-hybridized carbons (Fsp3) is 0.0526. The van der Waals surface area contributed by atoms with Crippen molar-refractivity contribution in [2.45, 2.75) is 6.61 Å². The highest BCUT2D eigenvalue weighted by Crippen LogP contribution is 2.19. The van der Waals surface area contributed by atoms with Crippen molar-refractivity contribution in [2.24, 2.45) is 0 Å². The van der Waals surface area contributed by atoms with E-state index in [1.54, 1.807) is 30.3 Å². The van der Waals surface area contributed by atoms with Crippen LogP contribution >= 0.6 is 15.9 Å². The zero-order valence-corrected chi connectivity index (χ0v) is 15.5. The van der Waals surface area contributed by atoms with Crippen molar-refractivity contribution in [3.05, 3.63) is 81.1 Å². The molecule has 0 aliphatic rings. The minimum absolute atomic E-state index is 0.173. The minimum atomic E-state index is -0.387. The van der Waals surface area contributed by atoms with Gasteiger partial charge in [0.25, 0.3) is 5.91 Å². The largest absolute Gasteiger partial charge is 0.486 e. The number of rotatable bonds is 5. The topological polar surface area (TPSA) is 100 Å². The van der Waals surface area contributed by atoms with E-state index in [0.717, 1.165) is 4.47 Å². The molecule has 0 fully saturated rings. The van der Waals surface area contributed by atoms with E-state index in [1.807, 2.05) is 24.3 Å². The number of imidazole rings is 1. The third kappa shape index (κ3) is 3.95. The molecule has 0 radical (unpaired) electrons. The van der Waals surface area contributed by atoms with Gasteiger partial charge in [0, 0.05) is 10.2 Å². The van der Waals surface area contributed by atoms with E-state index >= 15 is 0 Å². The average Bonchev–Trinajstić information content (AvgIpc) is 3.26. The SMILES string of the molecule is O=C(Nc1ccc2[nH]c(=O)[nH]c2c1)c1ccc(COc2ccc(Br)cc2)o1. The number of H-pyrrole nitrogens is 2. The van der Waals surface area contributed by atoms with Crippen molar-refractivity contribution in [3.8, 4) is 5.75 Å². The molecule has 2 heterocycles. The molecule has 3 N–H and O–H groups in total. The highest BCUT2D eigenvalue weighted by atomic mass is 79.9. The fourth-order valence-corrected chi connectivity index (χ4v) is 2.83. The van der Waals surface area contributed by atoms with Crippen LogP contribution in [0, 0.1) is 0 Å². The van der Waals surface area contributed by atoms with Crippen LogP contribution in [0.3, 0.4) is 0 Å². The molecule has 8 heteroatoms. The number of furan rings is 1. The number of benzene rings is 2. The molecular weight excluding hydrogens is 414 g/mol. The monoisotopic (exact) mass is 427 g/mol. The van der Waals surface area contributed by atoms with Crippen molar-refractivity contribution < 1.29 is 13.9 Å². The molecule has 2 aromatic carbocycles. The maximum Gasteiger partial charge on any atom is 0.323 e. The summed E-state index contributed by atoms with van der Waals surface area (Å²) in [4.78, 5) is 28.9. The van der Waals surface area contributed by atoms with E-state index in [4.69, 9.17) is 9.15 Å². The lowest BCUT2D eigenvalue weighted by Crippen LogP contribution is -2.10. The molecule has 4 aromatic rings. The third-order valence-electron chi connectivity index (χ3n) is 3.85. The smallest absolute Gasteiger partial charge is 0.323 e. The van der Waals surface area contributed by atoms with Crippen molar-refractivity contribution in [1.29, 1.82) is 0 Å². The van der Waals surface area contributed by atoms with Crippen LogP contribution in [0.15, 0.2) is 68.3 Å². The maximum atomic E-state index is 12.3. The van der Waals surface area contributed by atoms with Gasteiger partial charge in [-0.2, -0.15) is 0 Å². The Bertz CT molecular complexity index is 1160. The summed E-state index contributed by atoms with van der Waals surface area (Å²) in [6.45, 7) is 0.214. The summed E-state index contributed by atoms with van der Waals surface area (Å²) >= 11 is 3.36.